The summed E-state index contributed by atoms with van der Waals surface area (Å²) in [4.78, 5) is 11.7. The van der Waals surface area contributed by atoms with Crippen molar-refractivity contribution in [3.8, 4) is 5.75 Å². The zero-order valence-electron chi connectivity index (χ0n) is 11.4. The van der Waals surface area contributed by atoms with Gasteiger partial charge in [0, 0.05) is 13.7 Å². The van der Waals surface area contributed by atoms with Gasteiger partial charge in [0.05, 0.1) is 6.61 Å². The number of rotatable bonds is 8. The van der Waals surface area contributed by atoms with Crippen molar-refractivity contribution in [2.45, 2.75) is 19.1 Å². The zero-order chi connectivity index (χ0) is 15.2. The molecule has 112 valence electrons. The number of nitrogens with two attached hydrogens (primary N) is 1. The fourth-order valence-corrected chi connectivity index (χ4v) is 1.72. The molecule has 0 heterocycles. The van der Waals surface area contributed by atoms with E-state index in [0.29, 0.717) is 18.7 Å². The maximum Gasteiger partial charge on any atom is 0.387 e. The molecule has 3 N–H and O–H groups in total. The molecule has 0 radical (unpaired) electrons. The number of methoxy groups -OCH3 is 1. The van der Waals surface area contributed by atoms with Crippen LogP contribution in [-0.2, 0) is 15.1 Å². The molecule has 0 bridgehead atoms. The molecule has 20 heavy (non-hydrogen) atoms. The van der Waals surface area contributed by atoms with E-state index in [4.69, 9.17) is 10.5 Å². The van der Waals surface area contributed by atoms with Crippen molar-refractivity contribution in [1.82, 2.24) is 5.32 Å². The number of nitrogens with one attached hydrogen (secondary N) is 1. The number of alkyl halides is 2. The second-order valence-corrected chi connectivity index (χ2v) is 4.32. The fraction of sp³-hybridized carbons (Fsp3) is 0.462. The molecule has 0 aliphatic carbocycles. The van der Waals surface area contributed by atoms with E-state index >= 15 is 0 Å². The molecule has 1 aromatic rings. The van der Waals surface area contributed by atoms with Gasteiger partial charge in [-0.2, -0.15) is 8.78 Å². The lowest BCUT2D eigenvalue weighted by Gasteiger charge is -2.28. The second kappa shape index (κ2) is 7.16. The lowest BCUT2D eigenvalue weighted by atomic mass is 9.91. The Morgan fingerprint density at radius 2 is 2.20 bits per heavy atom. The van der Waals surface area contributed by atoms with Gasteiger partial charge in [-0.1, -0.05) is 12.1 Å². The van der Waals surface area contributed by atoms with E-state index < -0.39 is 18.1 Å². The average molecular weight is 288 g/mol. The fourth-order valence-electron chi connectivity index (χ4n) is 1.72. The number of carbonyl (C=O) groups is 1. The zero-order valence-corrected chi connectivity index (χ0v) is 11.4. The maximum atomic E-state index is 12.2. The van der Waals surface area contributed by atoms with Crippen LogP contribution in [-0.4, -0.2) is 32.8 Å². The Labute approximate surface area is 116 Å². The van der Waals surface area contributed by atoms with Gasteiger partial charge in [-0.25, -0.2) is 0 Å². The van der Waals surface area contributed by atoms with Crippen molar-refractivity contribution in [2.75, 3.05) is 20.3 Å². The summed E-state index contributed by atoms with van der Waals surface area (Å²) in [6.45, 7) is -0.579. The van der Waals surface area contributed by atoms with Gasteiger partial charge in [0.1, 0.15) is 11.3 Å². The van der Waals surface area contributed by atoms with Crippen molar-refractivity contribution < 1.29 is 23.0 Å². The Balaban J connectivity index is 2.99. The van der Waals surface area contributed by atoms with Gasteiger partial charge < -0.3 is 15.2 Å². The van der Waals surface area contributed by atoms with Gasteiger partial charge in [0.25, 0.3) is 0 Å². The van der Waals surface area contributed by atoms with E-state index in [9.17, 15) is 13.6 Å². The quantitative estimate of drug-likeness (QED) is 0.706. The van der Waals surface area contributed by atoms with E-state index in [1.165, 1.54) is 25.3 Å². The van der Waals surface area contributed by atoms with Gasteiger partial charge in [-0.15, -0.1) is 0 Å². The number of ether oxygens (including phenoxy) is 2. The van der Waals surface area contributed by atoms with Crippen LogP contribution in [0.5, 0.6) is 5.75 Å². The summed E-state index contributed by atoms with van der Waals surface area (Å²) in [5.74, 6) is -0.652. The highest BCUT2D eigenvalue weighted by Gasteiger charge is 2.32. The first kappa shape index (κ1) is 16.3. The number of carbonyl (C=O) groups excluding carboxylic acids is 1. The summed E-state index contributed by atoms with van der Waals surface area (Å²) in [6, 6.07) is 5.87. The van der Waals surface area contributed by atoms with Gasteiger partial charge in [0.2, 0.25) is 5.91 Å². The van der Waals surface area contributed by atoms with Crippen LogP contribution in [0.4, 0.5) is 8.78 Å². The second-order valence-electron chi connectivity index (χ2n) is 4.32. The Morgan fingerprint density at radius 3 is 2.75 bits per heavy atom. The van der Waals surface area contributed by atoms with Gasteiger partial charge in [-0.05, 0) is 24.6 Å². The van der Waals surface area contributed by atoms with Gasteiger partial charge in [-0.3, -0.25) is 10.1 Å². The molecule has 1 unspecified atom stereocenters. The van der Waals surface area contributed by atoms with Crippen LogP contribution < -0.4 is 15.8 Å². The molecule has 0 saturated heterocycles. The lowest BCUT2D eigenvalue weighted by Crippen LogP contribution is -2.51. The van der Waals surface area contributed by atoms with Crippen LogP contribution in [0.1, 0.15) is 12.5 Å². The molecule has 0 saturated carbocycles. The van der Waals surface area contributed by atoms with Crippen LogP contribution in [0, 0.1) is 0 Å². The van der Waals surface area contributed by atoms with E-state index in [2.05, 4.69) is 10.1 Å². The molecule has 7 heteroatoms. The predicted octanol–water partition coefficient (Wildman–Crippen LogP) is 1.22. The minimum absolute atomic E-state index is 0.0292. The number of benzene rings is 1. The molecule has 1 aromatic carbocycles. The summed E-state index contributed by atoms with van der Waals surface area (Å²) in [5, 5.41) is 2.95. The third kappa shape index (κ3) is 4.14. The molecule has 0 aliphatic heterocycles. The largest absolute Gasteiger partial charge is 0.435 e. The monoisotopic (exact) mass is 288 g/mol. The number of halogens is 2. The number of hydrogen-bond donors (Lipinski definition) is 2. The third-order valence-electron chi connectivity index (χ3n) is 2.91. The van der Waals surface area contributed by atoms with Gasteiger partial charge in [0.15, 0.2) is 0 Å². The highest BCUT2D eigenvalue weighted by molar-refractivity contribution is 5.85. The highest BCUT2D eigenvalue weighted by atomic mass is 19.3. The molecule has 0 aromatic heterocycles. The van der Waals surface area contributed by atoms with Crippen LogP contribution in [0.2, 0.25) is 0 Å². The summed E-state index contributed by atoms with van der Waals surface area (Å²) < 4.78 is 33.6. The first-order valence-corrected chi connectivity index (χ1v) is 5.99. The summed E-state index contributed by atoms with van der Waals surface area (Å²) >= 11 is 0. The molecular formula is C13H18F2N2O3. The van der Waals surface area contributed by atoms with Crippen LogP contribution >= 0.6 is 0 Å². The maximum absolute atomic E-state index is 12.2. The normalized spacial score (nSPS) is 14.1. The topological polar surface area (TPSA) is 73.6 Å². The summed E-state index contributed by atoms with van der Waals surface area (Å²) in [6.07, 6.45) is 0. The molecule has 0 spiro atoms. The standard InChI is InChI=1S/C13H18F2N2O3/c1-13(11(16)18,17-6-7-19-2)9-4-3-5-10(8-9)20-12(14)15/h3-5,8,12,17H,6-7H2,1-2H3,(H2,16,18). The number of primary amides is 1. The van der Waals surface area contributed by atoms with E-state index in [1.807, 2.05) is 0 Å². The summed E-state index contributed by atoms with van der Waals surface area (Å²) in [5.41, 5.74) is 4.65. The first-order chi connectivity index (χ1) is 9.40. The van der Waals surface area contributed by atoms with Crippen LogP contribution in [0.3, 0.4) is 0 Å². The molecule has 1 rings (SSSR count). The lowest BCUT2D eigenvalue weighted by molar-refractivity contribution is -0.124. The van der Waals surface area contributed by atoms with Crippen molar-refractivity contribution in [3.05, 3.63) is 29.8 Å². The predicted molar refractivity (Wildman–Crippen MR) is 69.5 cm³/mol. The minimum Gasteiger partial charge on any atom is -0.435 e. The van der Waals surface area contributed by atoms with E-state index in [1.54, 1.807) is 13.0 Å². The molecular weight excluding hydrogens is 270 g/mol. The number of amides is 1. The molecule has 0 fully saturated rings. The van der Waals surface area contributed by atoms with Crippen molar-refractivity contribution in [1.29, 1.82) is 0 Å². The number of hydrogen-bond acceptors (Lipinski definition) is 4. The van der Waals surface area contributed by atoms with Gasteiger partial charge >= 0.3 is 6.61 Å². The Hall–Kier alpha value is -1.73. The Bertz CT molecular complexity index is 457. The highest BCUT2D eigenvalue weighted by Crippen LogP contribution is 2.25. The van der Waals surface area contributed by atoms with Crippen molar-refractivity contribution in [3.63, 3.8) is 0 Å². The van der Waals surface area contributed by atoms with E-state index in [-0.39, 0.29) is 5.75 Å². The van der Waals surface area contributed by atoms with E-state index in [0.717, 1.165) is 0 Å². The van der Waals surface area contributed by atoms with Crippen LogP contribution in [0.15, 0.2) is 24.3 Å². The Morgan fingerprint density at radius 1 is 1.50 bits per heavy atom. The summed E-state index contributed by atoms with van der Waals surface area (Å²) in [7, 11) is 1.53. The van der Waals surface area contributed by atoms with Crippen LogP contribution in [0.25, 0.3) is 0 Å². The first-order valence-electron chi connectivity index (χ1n) is 5.99. The molecule has 0 aliphatic rings. The average Bonchev–Trinajstić information content (AvgIpc) is 2.38. The smallest absolute Gasteiger partial charge is 0.387 e. The molecule has 1 amide bonds. The SMILES string of the molecule is COCCNC(C)(C(N)=O)c1cccc(OC(F)F)c1. The minimum atomic E-state index is -2.92. The molecule has 5 nitrogen and oxygen atoms in total. The van der Waals surface area contributed by atoms with Crippen molar-refractivity contribution in [2.24, 2.45) is 5.73 Å². The third-order valence-corrected chi connectivity index (χ3v) is 2.91. The molecule has 1 atom stereocenters. The van der Waals surface area contributed by atoms with Crippen molar-refractivity contribution >= 4 is 5.91 Å². The Kier molecular flexibility index (Phi) is 5.84.